The van der Waals surface area contributed by atoms with Crippen molar-refractivity contribution in [1.29, 1.82) is 0 Å². The second-order valence-corrected chi connectivity index (χ2v) is 20.9. The minimum Gasteiger partial charge on any atom is -0.480 e. The van der Waals surface area contributed by atoms with E-state index in [4.69, 9.17) is 58.5 Å². The smallest absolute Gasteiger partial charge is 0.417 e. The Morgan fingerprint density at radius 3 is 1.30 bits per heavy atom. The highest BCUT2D eigenvalue weighted by Crippen LogP contribution is 2.30. The summed E-state index contributed by atoms with van der Waals surface area (Å²) in [6.07, 6.45) is -12.0. The average molecular weight is 1170 g/mol. The van der Waals surface area contributed by atoms with Crippen LogP contribution in [0.2, 0.25) is 0 Å². The second kappa shape index (κ2) is 30.7. The number of aromatic nitrogens is 2. The van der Waals surface area contributed by atoms with Gasteiger partial charge < -0.3 is 33.9 Å². The SMILES string of the molecule is CC(C)C[C@@H](C(=O)O)N(C)C(=O)OC(C)(C)C.CC(C)C[C@@H](C(=O)O[C@H](Cc1ccc(C(F)(F)F)cn1)C(=O)OCc1ccccc1)N(C)C(=O)OC(C)(C)C.O=C(OCc1ccccc1)[C@H](O)Cc1ccc(C(F)(F)F)cn1.[2HH].[2H][2H].[2H][2H].[2H][2H].[2H][2H].[2H][2H].[2H][2H].[2H][2H].[2H][2H].[2H][2H].[2H][2H]. The number of halogens is 6. The van der Waals surface area contributed by atoms with Crippen molar-refractivity contribution in [2.75, 3.05) is 14.1 Å². The van der Waals surface area contributed by atoms with Crippen LogP contribution in [0.4, 0.5) is 35.9 Å². The maximum atomic E-state index is 13.3. The Balaban J connectivity index is -0.000000142. The number of carbonyl (C=O) groups is 6. The molecule has 0 spiro atoms. The maximum absolute atomic E-state index is 13.3. The molecule has 23 heteroatoms. The molecule has 0 fully saturated rings. The number of nitrogens with zero attached hydrogens (tertiary/aromatic N) is 4. The Kier molecular flexibility index (Phi) is 20.4. The summed E-state index contributed by atoms with van der Waals surface area (Å²) in [6.45, 7) is 17.7. The van der Waals surface area contributed by atoms with Gasteiger partial charge in [-0.3, -0.25) is 19.8 Å². The highest BCUT2D eigenvalue weighted by atomic mass is 19.4. The third kappa shape index (κ3) is 26.3. The number of hydrogen-bond acceptors (Lipinski definition) is 14. The molecule has 0 radical (unpaired) electrons. The summed E-state index contributed by atoms with van der Waals surface area (Å²) < 4.78 is 202. The molecule has 2 amide bonds. The highest BCUT2D eigenvalue weighted by Gasteiger charge is 2.37. The number of rotatable bonds is 19. The Hall–Kier alpha value is -7.30. The van der Waals surface area contributed by atoms with Crippen LogP contribution in [0.15, 0.2) is 97.3 Å². The molecular weight excluding hydrogens is 1050 g/mol. The van der Waals surface area contributed by atoms with E-state index in [1.54, 1.807) is 96.1 Å². The van der Waals surface area contributed by atoms with Gasteiger partial charge in [0.1, 0.15) is 36.5 Å². The van der Waals surface area contributed by atoms with Crippen LogP contribution in [-0.2, 0) is 81.3 Å². The summed E-state index contributed by atoms with van der Waals surface area (Å²) in [5, 5.41) is 18.8. The fraction of sp³-hybridized carbons (Fsp3) is 0.500. The van der Waals surface area contributed by atoms with E-state index in [9.17, 15) is 60.2 Å². The van der Waals surface area contributed by atoms with Gasteiger partial charge in [-0.05, 0) is 102 Å². The van der Waals surface area contributed by atoms with E-state index in [2.05, 4.69) is 9.97 Å². The lowest BCUT2D eigenvalue weighted by Crippen LogP contribution is -2.48. The normalized spacial score (nSPS) is 14.2. The third-order valence-corrected chi connectivity index (χ3v) is 10.6. The van der Waals surface area contributed by atoms with Crippen LogP contribution >= 0.6 is 0 Å². The van der Waals surface area contributed by atoms with Gasteiger partial charge in [-0.1, -0.05) is 88.4 Å². The molecule has 0 saturated heterocycles. The van der Waals surface area contributed by atoms with Crippen LogP contribution in [0, 0.1) is 11.8 Å². The van der Waals surface area contributed by atoms with Gasteiger partial charge in [0, 0.05) is 81.8 Å². The van der Waals surface area contributed by atoms with Gasteiger partial charge in [-0.25, -0.2) is 28.8 Å². The van der Waals surface area contributed by atoms with Crippen molar-refractivity contribution in [3.05, 3.63) is 131 Å². The number of pyridine rings is 2. The Labute approximate surface area is 488 Å². The lowest BCUT2D eigenvalue weighted by atomic mass is 10.0. The standard InChI is InChI=1S/C28H35F3N2O6.C16H14F3NO3.C12H23NO4.11H2/c1-18(2)14-22(33(6)26(36)39-27(3,4)5)24(34)38-23(25(35)37-17-19-10-8-7-9-11-19)15-21-13-12-20(16-32-21)28(29,30)31;17-16(18,19)12-6-7-13(20-9-12)8-14(21)15(22)23-10-11-4-2-1-3-5-11;1-8(2)7-9(10(14)15)13(6)11(16)17-12(3,4)5;;;;;;;;;;;/h7-13,16,18,22-23H,14-15,17H2,1-6H3;1-7,9,14,21H,8,10H2;8-9H,7H2,1-6H3,(H,14,15);11*1H/t22-,23+;14-;9-;;;;;;;;;;;/m010.........../s1/i;;;10*1+1D;1+1. The van der Waals surface area contributed by atoms with Crippen LogP contribution < -0.4 is 0 Å². The molecule has 0 unspecified atom stereocenters. The number of carboxylic acids is 1. The first-order chi connectivity index (χ1) is 46.5. The summed E-state index contributed by atoms with van der Waals surface area (Å²) in [6, 6.07) is 19.7. The van der Waals surface area contributed by atoms with E-state index in [1.165, 1.54) is 14.1 Å². The number of aliphatic carboxylic acids is 1. The first-order valence-electron chi connectivity index (χ1n) is 35.0. The number of amides is 2. The van der Waals surface area contributed by atoms with Crippen molar-refractivity contribution in [1.82, 2.24) is 19.8 Å². The van der Waals surface area contributed by atoms with Gasteiger partial charge in [-0.2, -0.15) is 26.3 Å². The summed E-state index contributed by atoms with van der Waals surface area (Å²) in [5.41, 5.74) is -1.57. The molecule has 0 saturated carbocycles. The zero-order chi connectivity index (χ0) is 80.1. The maximum Gasteiger partial charge on any atom is 0.417 e. The third-order valence-electron chi connectivity index (χ3n) is 10.6. The van der Waals surface area contributed by atoms with Gasteiger partial charge in [0.25, 0.3) is 0 Å². The predicted molar refractivity (Wildman–Crippen MR) is 300 cm³/mol. The second-order valence-electron chi connectivity index (χ2n) is 20.9. The first kappa shape index (κ1) is 52.4. The summed E-state index contributed by atoms with van der Waals surface area (Å²) in [5.74, 6) is -3.49. The van der Waals surface area contributed by atoms with Crippen molar-refractivity contribution < 1.29 is 120 Å². The molecule has 0 aliphatic rings. The van der Waals surface area contributed by atoms with Crippen LogP contribution in [0.1, 0.15) is 147 Å². The fourth-order valence-corrected chi connectivity index (χ4v) is 6.59. The number of ether oxygens (including phenoxy) is 5. The fourth-order valence-electron chi connectivity index (χ4n) is 6.59. The largest absolute Gasteiger partial charge is 0.480 e. The molecule has 0 bridgehead atoms. The minimum absolute atomic E-state index is 0. The van der Waals surface area contributed by atoms with Crippen molar-refractivity contribution in [3.8, 4) is 0 Å². The molecule has 17 nitrogen and oxygen atoms in total. The van der Waals surface area contributed by atoms with Crippen LogP contribution in [0.3, 0.4) is 0 Å². The van der Waals surface area contributed by atoms with Crippen LogP contribution in [-0.4, -0.2) is 116 Å². The molecule has 4 rings (SSSR count). The predicted octanol–water partition coefficient (Wildman–Crippen LogP) is 13.4. The van der Waals surface area contributed by atoms with Crippen molar-refractivity contribution in [2.45, 2.75) is 156 Å². The van der Waals surface area contributed by atoms with Crippen LogP contribution in [0.25, 0.3) is 0 Å². The summed E-state index contributed by atoms with van der Waals surface area (Å²) in [7, 11) is 2.85. The zero-order valence-corrected chi connectivity index (χ0v) is 46.4. The molecule has 0 aliphatic carbocycles. The molecule has 4 atom stereocenters. The van der Waals surface area contributed by atoms with Gasteiger partial charge in [0.15, 0.2) is 6.10 Å². The van der Waals surface area contributed by atoms with E-state index in [-0.39, 0.29) is 57.1 Å². The summed E-state index contributed by atoms with van der Waals surface area (Å²) in [4.78, 5) is 83.1. The van der Waals surface area contributed by atoms with Gasteiger partial charge in [-0.15, -0.1) is 0 Å². The first-order valence-corrected chi connectivity index (χ1v) is 25.0. The average Bonchev–Trinajstić information content (AvgIpc) is 0.845. The van der Waals surface area contributed by atoms with E-state index < -0.39 is 95.0 Å². The molecule has 458 valence electrons. The number of aliphatic hydroxyl groups excluding tert-OH is 1. The van der Waals surface area contributed by atoms with Gasteiger partial charge in [0.05, 0.1) is 11.1 Å². The lowest BCUT2D eigenvalue weighted by Gasteiger charge is -2.31. The minimum atomic E-state index is -4.58. The van der Waals surface area contributed by atoms with E-state index in [0.717, 1.165) is 39.6 Å². The van der Waals surface area contributed by atoms with E-state index in [0.29, 0.717) is 24.4 Å². The zero-order valence-electron chi connectivity index (χ0n) is 66.4. The van der Waals surface area contributed by atoms with E-state index in [1.807, 2.05) is 33.8 Å². The summed E-state index contributed by atoms with van der Waals surface area (Å²) >= 11 is 0. The number of carboxylic acid groups (broad SMARTS) is 1. The van der Waals surface area contributed by atoms with E-state index >= 15 is 0 Å². The van der Waals surface area contributed by atoms with Crippen molar-refractivity contribution in [2.24, 2.45) is 11.8 Å². The number of likely N-dealkylation sites (N-methyl/N-ethyl adjacent to an activating group) is 2. The molecule has 2 N–H and O–H groups in total. The number of alkyl halides is 6. The van der Waals surface area contributed by atoms with Gasteiger partial charge in [0.2, 0.25) is 6.10 Å². The molecular formula is C56H94F6N4O13. The lowest BCUT2D eigenvalue weighted by molar-refractivity contribution is -0.171. The Morgan fingerprint density at radius 1 is 0.570 bits per heavy atom. The Morgan fingerprint density at radius 2 is 0.949 bits per heavy atom. The van der Waals surface area contributed by atoms with Crippen molar-refractivity contribution in [3.63, 3.8) is 0 Å². The topological polar surface area (TPSA) is 221 Å². The molecule has 79 heavy (non-hydrogen) atoms. The molecule has 0 aliphatic heterocycles. The molecule has 4 aromatic rings. The quantitative estimate of drug-likeness (QED) is 0.0506. The number of esters is 3. The highest BCUT2D eigenvalue weighted by molar-refractivity contribution is 5.85. The number of benzene rings is 2. The van der Waals surface area contributed by atoms with Crippen LogP contribution in [0.5, 0.6) is 0 Å². The number of carbonyl (C=O) groups excluding carboxylic acids is 5. The monoisotopic (exact) mass is 1170 g/mol. The van der Waals surface area contributed by atoms with Gasteiger partial charge >= 0.3 is 48.4 Å². The number of aliphatic hydroxyl groups is 1. The van der Waals surface area contributed by atoms with Crippen molar-refractivity contribution >= 4 is 36.1 Å². The molecule has 2 aromatic heterocycles. The molecule has 2 aromatic carbocycles. The number of hydrogen-bond donors (Lipinski definition) is 2. The Bertz CT molecular complexity index is 2610. The molecule has 2 heterocycles.